The average molecular weight is 449 g/mol. The molecule has 10 heteroatoms. The molecule has 2 heterocycles. The van der Waals surface area contributed by atoms with Crippen molar-refractivity contribution in [1.29, 1.82) is 0 Å². The van der Waals surface area contributed by atoms with Gasteiger partial charge in [0.15, 0.2) is 0 Å². The number of aromatic amines is 1. The largest absolute Gasteiger partial charge is 0.500 e. The van der Waals surface area contributed by atoms with Crippen molar-refractivity contribution in [2.24, 2.45) is 5.73 Å². The fraction of sp³-hybridized carbons (Fsp3) is 0.238. The number of alkyl halides is 3. The molecule has 0 aliphatic heterocycles. The van der Waals surface area contributed by atoms with Crippen molar-refractivity contribution in [2.75, 3.05) is 7.11 Å². The topological polar surface area (TPSA) is 90.2 Å². The molecule has 0 saturated heterocycles. The number of nitrogens with two attached hydrogens (primary N) is 1. The van der Waals surface area contributed by atoms with Gasteiger partial charge in [-0.05, 0) is 12.1 Å². The van der Waals surface area contributed by atoms with E-state index in [0.29, 0.717) is 12.2 Å². The number of nitrogens with zero attached hydrogens (tertiary/aromatic N) is 1. The highest BCUT2D eigenvalue weighted by Crippen LogP contribution is 2.42. The number of benzene rings is 1. The fourth-order valence-electron chi connectivity index (χ4n) is 3.52. The second-order valence-corrected chi connectivity index (χ2v) is 8.01. The van der Waals surface area contributed by atoms with Crippen molar-refractivity contribution in [2.45, 2.75) is 25.1 Å². The Morgan fingerprint density at radius 2 is 2.13 bits per heavy atom. The summed E-state index contributed by atoms with van der Waals surface area (Å²) in [7, 11) is 1.55. The number of rotatable bonds is 6. The molecular weight excluding hydrogens is 431 g/mol. The lowest BCUT2D eigenvalue weighted by molar-refractivity contribution is -0.138. The van der Waals surface area contributed by atoms with E-state index < -0.39 is 17.6 Å². The summed E-state index contributed by atoms with van der Waals surface area (Å²) in [6.45, 7) is -0.353. The van der Waals surface area contributed by atoms with Gasteiger partial charge in [-0.3, -0.25) is 4.79 Å². The maximum atomic E-state index is 13.2. The lowest BCUT2D eigenvalue weighted by Crippen LogP contribution is -2.13. The van der Waals surface area contributed by atoms with Gasteiger partial charge < -0.3 is 20.2 Å². The van der Waals surface area contributed by atoms with E-state index in [0.717, 1.165) is 33.7 Å². The number of aromatic nitrogens is 2. The number of hydrogen-bond acceptors (Lipinski definition) is 5. The first-order valence-electron chi connectivity index (χ1n) is 9.27. The fourth-order valence-corrected chi connectivity index (χ4v) is 4.59. The third-order valence-electron chi connectivity index (χ3n) is 5.01. The normalized spacial score (nSPS) is 15.9. The SMILES string of the molecule is COC1=Cc2nc[nH]c2CC1c1cc(OCc2ccccc2C(F)(F)F)c(C(N)=O)s1. The summed E-state index contributed by atoms with van der Waals surface area (Å²) < 4.78 is 50.9. The number of carbonyl (C=O) groups excluding carboxylic acids is 1. The number of ether oxygens (including phenoxy) is 2. The van der Waals surface area contributed by atoms with Gasteiger partial charge >= 0.3 is 6.18 Å². The molecule has 1 unspecified atom stereocenters. The number of primary amides is 1. The summed E-state index contributed by atoms with van der Waals surface area (Å²) in [5, 5.41) is 0. The van der Waals surface area contributed by atoms with Gasteiger partial charge in [0.25, 0.3) is 5.91 Å². The predicted molar refractivity (Wildman–Crippen MR) is 109 cm³/mol. The standard InChI is InChI=1S/C21H18F3N3O3S/c1-29-16-7-15-14(26-10-27-15)6-12(16)18-8-17(19(31-18)20(25)28)30-9-11-4-2-3-5-13(11)21(22,23)24/h2-5,7-8,10,12H,6,9H2,1H3,(H2,25,28)(H,26,27). The molecule has 3 N–H and O–H groups in total. The van der Waals surface area contributed by atoms with Crippen molar-refractivity contribution >= 4 is 23.3 Å². The molecule has 162 valence electrons. The average Bonchev–Trinajstić information content (AvgIpc) is 3.37. The Morgan fingerprint density at radius 1 is 1.35 bits per heavy atom. The molecular formula is C21H18F3N3O3S. The Kier molecular flexibility index (Phi) is 5.48. The van der Waals surface area contributed by atoms with Gasteiger partial charge in [-0.2, -0.15) is 13.2 Å². The van der Waals surface area contributed by atoms with E-state index in [9.17, 15) is 18.0 Å². The molecule has 1 amide bonds. The third-order valence-corrected chi connectivity index (χ3v) is 6.25. The monoisotopic (exact) mass is 449 g/mol. The minimum atomic E-state index is -4.51. The molecule has 0 spiro atoms. The van der Waals surface area contributed by atoms with E-state index in [2.05, 4.69) is 9.97 Å². The highest BCUT2D eigenvalue weighted by atomic mass is 32.1. The van der Waals surface area contributed by atoms with Crippen LogP contribution in [0.15, 0.2) is 42.4 Å². The van der Waals surface area contributed by atoms with Gasteiger partial charge in [-0.1, -0.05) is 18.2 Å². The molecule has 1 aliphatic carbocycles. The number of thiophene rings is 1. The number of amides is 1. The number of nitrogens with one attached hydrogen (secondary N) is 1. The molecule has 0 radical (unpaired) electrons. The quantitative estimate of drug-likeness (QED) is 0.580. The molecule has 3 aromatic rings. The Balaban J connectivity index is 1.63. The summed E-state index contributed by atoms with van der Waals surface area (Å²) >= 11 is 1.14. The molecule has 2 aromatic heterocycles. The van der Waals surface area contributed by atoms with Crippen molar-refractivity contribution < 1.29 is 27.4 Å². The lowest BCUT2D eigenvalue weighted by atomic mass is 9.93. The maximum Gasteiger partial charge on any atom is 0.416 e. The highest BCUT2D eigenvalue weighted by molar-refractivity contribution is 7.14. The molecule has 31 heavy (non-hydrogen) atoms. The van der Waals surface area contributed by atoms with Crippen LogP contribution in [0.25, 0.3) is 6.08 Å². The number of methoxy groups -OCH3 is 1. The van der Waals surface area contributed by atoms with Crippen LogP contribution in [0.5, 0.6) is 5.75 Å². The second kappa shape index (κ2) is 8.10. The van der Waals surface area contributed by atoms with Crippen LogP contribution in [0, 0.1) is 0 Å². The summed E-state index contributed by atoms with van der Waals surface area (Å²) in [6.07, 6.45) is -0.547. The zero-order valence-corrected chi connectivity index (χ0v) is 17.1. The summed E-state index contributed by atoms with van der Waals surface area (Å²) in [5.41, 5.74) is 6.38. The van der Waals surface area contributed by atoms with Crippen LogP contribution in [0.4, 0.5) is 13.2 Å². The number of fused-ring (bicyclic) bond motifs is 1. The van der Waals surface area contributed by atoms with E-state index >= 15 is 0 Å². The van der Waals surface area contributed by atoms with Crippen LogP contribution in [0.1, 0.15) is 43.0 Å². The van der Waals surface area contributed by atoms with Crippen molar-refractivity contribution in [1.82, 2.24) is 9.97 Å². The van der Waals surface area contributed by atoms with Crippen LogP contribution < -0.4 is 10.5 Å². The van der Waals surface area contributed by atoms with Crippen LogP contribution in [-0.2, 0) is 23.9 Å². The molecule has 1 aliphatic rings. The lowest BCUT2D eigenvalue weighted by Gasteiger charge is -2.21. The molecule has 1 aromatic carbocycles. The highest BCUT2D eigenvalue weighted by Gasteiger charge is 2.33. The number of halogens is 3. The molecule has 0 saturated carbocycles. The summed E-state index contributed by atoms with van der Waals surface area (Å²) in [4.78, 5) is 20.2. The number of carbonyl (C=O) groups is 1. The molecule has 6 nitrogen and oxygen atoms in total. The number of H-pyrrole nitrogens is 1. The number of hydrogen-bond donors (Lipinski definition) is 2. The van der Waals surface area contributed by atoms with E-state index in [4.69, 9.17) is 15.2 Å². The third kappa shape index (κ3) is 4.15. The van der Waals surface area contributed by atoms with Crippen LogP contribution in [0.2, 0.25) is 0 Å². The Labute approximate surface area is 179 Å². The first kappa shape index (κ1) is 21.0. The Hall–Kier alpha value is -3.27. The van der Waals surface area contributed by atoms with Crippen molar-refractivity contribution in [3.8, 4) is 5.75 Å². The zero-order chi connectivity index (χ0) is 22.2. The zero-order valence-electron chi connectivity index (χ0n) is 16.3. The summed E-state index contributed by atoms with van der Waals surface area (Å²) in [6, 6.07) is 6.79. The molecule has 0 fully saturated rings. The van der Waals surface area contributed by atoms with Gasteiger partial charge in [-0.15, -0.1) is 11.3 Å². The van der Waals surface area contributed by atoms with Crippen LogP contribution >= 0.6 is 11.3 Å². The summed E-state index contributed by atoms with van der Waals surface area (Å²) in [5.74, 6) is -0.113. The van der Waals surface area contributed by atoms with Gasteiger partial charge in [-0.25, -0.2) is 4.98 Å². The minimum Gasteiger partial charge on any atom is -0.500 e. The van der Waals surface area contributed by atoms with Gasteiger partial charge in [0.1, 0.15) is 23.0 Å². The smallest absolute Gasteiger partial charge is 0.416 e. The predicted octanol–water partition coefficient (Wildman–Crippen LogP) is 4.50. The first-order chi connectivity index (χ1) is 14.8. The minimum absolute atomic E-state index is 0.0320. The molecule has 0 bridgehead atoms. The maximum absolute atomic E-state index is 13.2. The van der Waals surface area contributed by atoms with Gasteiger partial charge in [0, 0.05) is 28.6 Å². The van der Waals surface area contributed by atoms with Gasteiger partial charge in [0.2, 0.25) is 0 Å². The number of imidazole rings is 1. The number of allylic oxidation sites excluding steroid dienone is 1. The van der Waals surface area contributed by atoms with Crippen LogP contribution in [0.3, 0.4) is 0 Å². The van der Waals surface area contributed by atoms with E-state index in [1.165, 1.54) is 18.2 Å². The Bertz CT molecular complexity index is 1150. The van der Waals surface area contributed by atoms with E-state index in [1.807, 2.05) is 6.08 Å². The van der Waals surface area contributed by atoms with E-state index in [-0.39, 0.29) is 28.7 Å². The van der Waals surface area contributed by atoms with Crippen LogP contribution in [-0.4, -0.2) is 23.0 Å². The van der Waals surface area contributed by atoms with Crippen molar-refractivity contribution in [3.05, 3.63) is 74.7 Å². The Morgan fingerprint density at radius 3 is 2.84 bits per heavy atom. The first-order valence-corrected chi connectivity index (χ1v) is 10.1. The molecule has 1 atom stereocenters. The molecule has 4 rings (SSSR count). The van der Waals surface area contributed by atoms with E-state index in [1.54, 1.807) is 19.5 Å². The van der Waals surface area contributed by atoms with Gasteiger partial charge in [0.05, 0.1) is 30.6 Å². The second-order valence-electron chi connectivity index (χ2n) is 6.92. The van der Waals surface area contributed by atoms with Crippen molar-refractivity contribution in [3.63, 3.8) is 0 Å².